The number of halogens is 1. The Hall–Kier alpha value is -0.770. The molecule has 0 saturated carbocycles. The molecule has 4 nitrogen and oxygen atoms in total. The summed E-state index contributed by atoms with van der Waals surface area (Å²) in [7, 11) is 0. The van der Waals surface area contributed by atoms with E-state index in [4.69, 9.17) is 5.11 Å². The molecule has 1 aliphatic heterocycles. The molecule has 1 heterocycles. The van der Waals surface area contributed by atoms with E-state index in [0.29, 0.717) is 6.42 Å². The smallest absolute Gasteiger partial charge is 0.345 e. The molecular formula is C5H7ClO4. The van der Waals surface area contributed by atoms with Gasteiger partial charge in [-0.3, -0.25) is 4.79 Å². The number of ether oxygens (including phenoxy) is 1. The van der Waals surface area contributed by atoms with Gasteiger partial charge in [-0.25, -0.2) is 4.79 Å². The number of cyclic esters (lactones) is 1. The summed E-state index contributed by atoms with van der Waals surface area (Å²) in [4.78, 5) is 20.3. The van der Waals surface area contributed by atoms with Crippen LogP contribution in [0.4, 0.5) is 0 Å². The van der Waals surface area contributed by atoms with E-state index in [1.54, 1.807) is 0 Å². The highest BCUT2D eigenvalue weighted by Crippen LogP contribution is 2.12. The Kier molecular flexibility index (Phi) is 3.15. The first-order valence-electron chi connectivity index (χ1n) is 2.62. The largest absolute Gasteiger partial charge is 0.479 e. The van der Waals surface area contributed by atoms with Crippen molar-refractivity contribution in [3.8, 4) is 0 Å². The standard InChI is InChI=1S/C5H6O4.ClH/c6-4-2-1-3(9-4)5(7)8;/h3H,1-2H2,(H,7,8);1H/t3-;/m0./s1. The molecule has 0 aliphatic carbocycles. The van der Waals surface area contributed by atoms with Gasteiger partial charge in [0.1, 0.15) is 0 Å². The second-order valence-corrected chi connectivity index (χ2v) is 1.86. The van der Waals surface area contributed by atoms with Gasteiger partial charge in [-0.2, -0.15) is 0 Å². The van der Waals surface area contributed by atoms with Crippen LogP contribution in [0.1, 0.15) is 12.8 Å². The third-order valence-corrected chi connectivity index (χ3v) is 1.16. The topological polar surface area (TPSA) is 63.6 Å². The number of rotatable bonds is 1. The average Bonchev–Trinajstić information content (AvgIpc) is 2.14. The van der Waals surface area contributed by atoms with Crippen molar-refractivity contribution in [2.24, 2.45) is 0 Å². The number of carbonyl (C=O) groups excluding carboxylic acids is 1. The van der Waals surface area contributed by atoms with Crippen LogP contribution in [0.3, 0.4) is 0 Å². The van der Waals surface area contributed by atoms with Crippen LogP contribution in [0, 0.1) is 0 Å². The lowest BCUT2D eigenvalue weighted by molar-refractivity contribution is -0.156. The van der Waals surface area contributed by atoms with Crippen molar-refractivity contribution < 1.29 is 19.4 Å². The van der Waals surface area contributed by atoms with Crippen molar-refractivity contribution >= 4 is 24.3 Å². The van der Waals surface area contributed by atoms with Crippen LogP contribution in [0.15, 0.2) is 0 Å². The van der Waals surface area contributed by atoms with E-state index in [2.05, 4.69) is 4.74 Å². The van der Waals surface area contributed by atoms with E-state index in [1.807, 2.05) is 0 Å². The van der Waals surface area contributed by atoms with E-state index >= 15 is 0 Å². The molecule has 1 atom stereocenters. The molecule has 0 aromatic heterocycles. The fraction of sp³-hybridized carbons (Fsp3) is 0.600. The molecule has 5 heteroatoms. The number of hydrogen-bond acceptors (Lipinski definition) is 3. The first kappa shape index (κ1) is 9.23. The molecule has 58 valence electrons. The fourth-order valence-electron chi connectivity index (χ4n) is 0.699. The number of carbonyl (C=O) groups is 2. The first-order valence-corrected chi connectivity index (χ1v) is 2.62. The SMILES string of the molecule is Cl.O=C1CC[C@@H](C(=O)O)O1. The molecule has 1 aliphatic rings. The first-order chi connectivity index (χ1) is 4.20. The molecule has 0 aromatic rings. The van der Waals surface area contributed by atoms with Crippen LogP contribution in [-0.4, -0.2) is 23.1 Å². The molecule has 0 radical (unpaired) electrons. The fourth-order valence-corrected chi connectivity index (χ4v) is 0.699. The van der Waals surface area contributed by atoms with Gasteiger partial charge in [0.2, 0.25) is 0 Å². The van der Waals surface area contributed by atoms with Gasteiger partial charge in [0, 0.05) is 12.8 Å². The van der Waals surface area contributed by atoms with E-state index < -0.39 is 18.0 Å². The van der Waals surface area contributed by atoms with Gasteiger partial charge in [0.05, 0.1) is 0 Å². The van der Waals surface area contributed by atoms with Crippen LogP contribution in [0.2, 0.25) is 0 Å². The van der Waals surface area contributed by atoms with E-state index in [1.165, 1.54) is 0 Å². The van der Waals surface area contributed by atoms with Crippen LogP contribution in [-0.2, 0) is 14.3 Å². The van der Waals surface area contributed by atoms with Crippen molar-refractivity contribution in [1.29, 1.82) is 0 Å². The Morgan fingerprint density at radius 2 is 2.30 bits per heavy atom. The molecule has 0 amide bonds. The molecule has 1 saturated heterocycles. The third kappa shape index (κ3) is 1.88. The second-order valence-electron chi connectivity index (χ2n) is 1.86. The number of carboxylic acid groups (broad SMARTS) is 1. The number of esters is 1. The molecular weight excluding hydrogens is 160 g/mol. The zero-order valence-electron chi connectivity index (χ0n) is 5.07. The minimum atomic E-state index is -1.05. The number of aliphatic carboxylic acids is 1. The lowest BCUT2D eigenvalue weighted by Crippen LogP contribution is -2.18. The minimum absolute atomic E-state index is 0. The van der Waals surface area contributed by atoms with Crippen LogP contribution in [0.5, 0.6) is 0 Å². The predicted octanol–water partition coefficient (Wildman–Crippen LogP) is 0.198. The summed E-state index contributed by atoms with van der Waals surface area (Å²) in [6, 6.07) is 0. The summed E-state index contributed by atoms with van der Waals surface area (Å²) in [6.07, 6.45) is -0.344. The molecule has 0 unspecified atom stereocenters. The maximum atomic E-state index is 10.3. The summed E-state index contributed by atoms with van der Waals surface area (Å²) in [5.41, 5.74) is 0. The van der Waals surface area contributed by atoms with Gasteiger partial charge in [-0.1, -0.05) is 0 Å². The van der Waals surface area contributed by atoms with Gasteiger partial charge >= 0.3 is 11.9 Å². The highest BCUT2D eigenvalue weighted by atomic mass is 35.5. The zero-order chi connectivity index (χ0) is 6.85. The maximum absolute atomic E-state index is 10.3. The van der Waals surface area contributed by atoms with Crippen molar-refractivity contribution in [2.45, 2.75) is 18.9 Å². The van der Waals surface area contributed by atoms with E-state index in [0.717, 1.165) is 0 Å². The normalized spacial score (nSPS) is 23.2. The summed E-state index contributed by atoms with van der Waals surface area (Å²) < 4.78 is 4.38. The second kappa shape index (κ2) is 3.41. The van der Waals surface area contributed by atoms with Crippen LogP contribution in [0.25, 0.3) is 0 Å². The minimum Gasteiger partial charge on any atom is -0.479 e. The van der Waals surface area contributed by atoms with Crippen molar-refractivity contribution in [2.75, 3.05) is 0 Å². The summed E-state index contributed by atoms with van der Waals surface area (Å²) in [5.74, 6) is -1.47. The maximum Gasteiger partial charge on any atom is 0.345 e. The van der Waals surface area contributed by atoms with Gasteiger partial charge in [0.15, 0.2) is 6.10 Å². The Morgan fingerprint density at radius 1 is 1.70 bits per heavy atom. The molecule has 1 fully saturated rings. The average molecular weight is 167 g/mol. The lowest BCUT2D eigenvalue weighted by atomic mass is 10.2. The Morgan fingerprint density at radius 3 is 2.50 bits per heavy atom. The summed E-state index contributed by atoms with van der Waals surface area (Å²) in [6.45, 7) is 0. The quantitative estimate of drug-likeness (QED) is 0.566. The molecule has 10 heavy (non-hydrogen) atoms. The van der Waals surface area contributed by atoms with E-state index in [9.17, 15) is 9.59 Å². The predicted molar refractivity (Wildman–Crippen MR) is 34.0 cm³/mol. The number of hydrogen-bond donors (Lipinski definition) is 1. The summed E-state index contributed by atoms with van der Waals surface area (Å²) in [5, 5.41) is 8.25. The Bertz CT molecular complexity index is 156. The molecule has 1 rings (SSSR count). The molecule has 0 spiro atoms. The summed E-state index contributed by atoms with van der Waals surface area (Å²) >= 11 is 0. The number of carboxylic acids is 1. The van der Waals surface area contributed by atoms with Crippen molar-refractivity contribution in [3.05, 3.63) is 0 Å². The van der Waals surface area contributed by atoms with Crippen LogP contribution < -0.4 is 0 Å². The lowest BCUT2D eigenvalue weighted by Gasteiger charge is -1.99. The van der Waals surface area contributed by atoms with Crippen molar-refractivity contribution in [3.63, 3.8) is 0 Å². The van der Waals surface area contributed by atoms with Crippen molar-refractivity contribution in [1.82, 2.24) is 0 Å². The van der Waals surface area contributed by atoms with Gasteiger partial charge in [0.25, 0.3) is 0 Å². The molecule has 1 N–H and O–H groups in total. The van der Waals surface area contributed by atoms with Gasteiger partial charge < -0.3 is 9.84 Å². The van der Waals surface area contributed by atoms with Gasteiger partial charge in [-0.15, -0.1) is 12.4 Å². The van der Waals surface area contributed by atoms with E-state index in [-0.39, 0.29) is 18.8 Å². The Labute approximate surface area is 63.6 Å². The Balaban J connectivity index is 0.000000810. The molecule has 0 bridgehead atoms. The van der Waals surface area contributed by atoms with Crippen LogP contribution >= 0.6 is 12.4 Å². The molecule has 0 aromatic carbocycles. The monoisotopic (exact) mass is 166 g/mol. The highest BCUT2D eigenvalue weighted by molar-refractivity contribution is 5.85. The van der Waals surface area contributed by atoms with Gasteiger partial charge in [-0.05, 0) is 0 Å². The highest BCUT2D eigenvalue weighted by Gasteiger charge is 2.28. The zero-order valence-corrected chi connectivity index (χ0v) is 5.89. The third-order valence-electron chi connectivity index (χ3n) is 1.16.